The zero-order valence-corrected chi connectivity index (χ0v) is 20.1. The van der Waals surface area contributed by atoms with Gasteiger partial charge in [0.05, 0.1) is 36.0 Å². The van der Waals surface area contributed by atoms with Crippen molar-refractivity contribution in [2.24, 2.45) is 0 Å². The van der Waals surface area contributed by atoms with Gasteiger partial charge in [-0.15, -0.1) is 0 Å². The van der Waals surface area contributed by atoms with Crippen molar-refractivity contribution in [1.29, 1.82) is 0 Å². The molecular formula is C24H27IN2O4. The molecule has 2 aromatic rings. The molecule has 1 aliphatic rings. The number of aromatic nitrogens is 1. The van der Waals surface area contributed by atoms with E-state index in [1.54, 1.807) is 13.8 Å². The molecule has 7 heteroatoms. The summed E-state index contributed by atoms with van der Waals surface area (Å²) in [4.78, 5) is 26.0. The molecule has 0 saturated heterocycles. The number of nitrogens with zero attached hydrogens (tertiary/aromatic N) is 1. The van der Waals surface area contributed by atoms with Gasteiger partial charge in [0.2, 0.25) is 0 Å². The molecule has 31 heavy (non-hydrogen) atoms. The van der Waals surface area contributed by atoms with Crippen LogP contribution in [0.2, 0.25) is 0 Å². The third-order valence-corrected chi connectivity index (χ3v) is 4.89. The Hall–Kier alpha value is -2.68. The van der Waals surface area contributed by atoms with Crippen LogP contribution in [0.4, 0.5) is 0 Å². The van der Waals surface area contributed by atoms with Gasteiger partial charge in [0, 0.05) is 17.8 Å². The maximum atomic E-state index is 13.1. The van der Waals surface area contributed by atoms with E-state index in [2.05, 4.69) is 5.32 Å². The van der Waals surface area contributed by atoms with Gasteiger partial charge in [-0.25, -0.2) is 9.59 Å². The molecule has 1 aromatic heterocycles. The molecular weight excluding hydrogens is 507 g/mol. The molecule has 1 aliphatic heterocycles. The number of carbonyl (C=O) groups is 2. The largest absolute Gasteiger partial charge is 1.00 e. The van der Waals surface area contributed by atoms with E-state index in [0.29, 0.717) is 29.1 Å². The predicted molar refractivity (Wildman–Crippen MR) is 112 cm³/mol. The van der Waals surface area contributed by atoms with Crippen molar-refractivity contribution >= 4 is 11.9 Å². The lowest BCUT2D eigenvalue weighted by Gasteiger charge is -2.30. The van der Waals surface area contributed by atoms with Crippen molar-refractivity contribution in [2.45, 2.75) is 33.2 Å². The van der Waals surface area contributed by atoms with Crippen LogP contribution < -0.4 is 33.9 Å². The first-order valence-electron chi connectivity index (χ1n) is 10.1. The van der Waals surface area contributed by atoms with Gasteiger partial charge in [0.1, 0.15) is 0 Å². The second kappa shape index (κ2) is 11.6. The number of hydrogen-bond donors (Lipinski definition) is 1. The molecule has 0 spiro atoms. The van der Waals surface area contributed by atoms with E-state index in [9.17, 15) is 9.59 Å². The summed E-state index contributed by atoms with van der Waals surface area (Å²) in [6.45, 7) is 6.30. The Morgan fingerprint density at radius 1 is 0.903 bits per heavy atom. The molecule has 1 unspecified atom stereocenters. The summed E-state index contributed by atoms with van der Waals surface area (Å²) in [5.41, 5.74) is 3.05. The average molecular weight is 534 g/mol. The number of allylic oxidation sites excluding steroid dienone is 2. The maximum Gasteiger partial charge on any atom is 0.337 e. The molecule has 0 fully saturated rings. The number of hydrogen-bond acceptors (Lipinski definition) is 5. The van der Waals surface area contributed by atoms with Crippen LogP contribution in [-0.4, -0.2) is 25.2 Å². The standard InChI is InChI=1S/C24H26N2O4.HI/c1-4-29-23(27)20-17(3)25-19(16-26-14-10-7-11-15-26)22(24(28)30-5-2)21(20)18-12-8-6-9-13-18;/h6-15,21H,4-5,16H2,1-3H3;1H. The fraction of sp³-hybridized carbons (Fsp3) is 0.292. The van der Waals surface area contributed by atoms with Gasteiger partial charge >= 0.3 is 11.9 Å². The van der Waals surface area contributed by atoms with E-state index >= 15 is 0 Å². The number of nitrogens with one attached hydrogen (secondary N) is 1. The first-order valence-corrected chi connectivity index (χ1v) is 10.1. The van der Waals surface area contributed by atoms with Gasteiger partial charge in [0.15, 0.2) is 18.9 Å². The average Bonchev–Trinajstić information content (AvgIpc) is 2.75. The second-order valence-corrected chi connectivity index (χ2v) is 6.89. The Labute approximate surface area is 200 Å². The summed E-state index contributed by atoms with van der Waals surface area (Å²) >= 11 is 0. The molecule has 2 heterocycles. The van der Waals surface area contributed by atoms with Crippen molar-refractivity contribution in [3.05, 3.63) is 89.0 Å². The number of benzene rings is 1. The monoisotopic (exact) mass is 534 g/mol. The third-order valence-electron chi connectivity index (χ3n) is 4.89. The van der Waals surface area contributed by atoms with Crippen molar-refractivity contribution in [1.82, 2.24) is 5.32 Å². The van der Waals surface area contributed by atoms with Crippen LogP contribution in [0.3, 0.4) is 0 Å². The fourth-order valence-electron chi connectivity index (χ4n) is 3.65. The predicted octanol–water partition coefficient (Wildman–Crippen LogP) is 0.0194. The Morgan fingerprint density at radius 2 is 1.45 bits per heavy atom. The normalized spacial score (nSPS) is 15.6. The summed E-state index contributed by atoms with van der Waals surface area (Å²) in [7, 11) is 0. The lowest BCUT2D eigenvalue weighted by molar-refractivity contribution is -0.689. The van der Waals surface area contributed by atoms with Crippen molar-refractivity contribution in [3.63, 3.8) is 0 Å². The second-order valence-electron chi connectivity index (χ2n) is 6.89. The third kappa shape index (κ3) is 5.72. The Morgan fingerprint density at radius 3 is 2.03 bits per heavy atom. The van der Waals surface area contributed by atoms with Gasteiger partial charge in [-0.2, -0.15) is 4.57 Å². The Kier molecular flexibility index (Phi) is 9.23. The summed E-state index contributed by atoms with van der Waals surface area (Å²) < 4.78 is 12.7. The molecule has 1 aromatic carbocycles. The van der Waals surface area contributed by atoms with E-state index < -0.39 is 17.9 Å². The van der Waals surface area contributed by atoms with Crippen LogP contribution in [0.15, 0.2) is 83.5 Å². The summed E-state index contributed by atoms with van der Waals surface area (Å²) in [5, 5.41) is 3.28. The van der Waals surface area contributed by atoms with Crippen LogP contribution >= 0.6 is 0 Å². The molecule has 0 aliphatic carbocycles. The minimum absolute atomic E-state index is 0. The highest BCUT2D eigenvalue weighted by molar-refractivity contribution is 5.99. The van der Waals surface area contributed by atoms with Crippen LogP contribution in [-0.2, 0) is 25.6 Å². The van der Waals surface area contributed by atoms with Crippen molar-refractivity contribution in [3.8, 4) is 0 Å². The van der Waals surface area contributed by atoms with Gasteiger partial charge in [-0.3, -0.25) is 0 Å². The number of dihydropyridines is 1. The molecule has 0 saturated carbocycles. The van der Waals surface area contributed by atoms with Crippen molar-refractivity contribution in [2.75, 3.05) is 13.2 Å². The van der Waals surface area contributed by atoms with E-state index in [1.165, 1.54) is 0 Å². The van der Waals surface area contributed by atoms with E-state index in [0.717, 1.165) is 5.56 Å². The number of esters is 2. The Balaban J connectivity index is 0.00000341. The summed E-state index contributed by atoms with van der Waals surface area (Å²) in [6.07, 6.45) is 3.85. The number of carbonyl (C=O) groups excluding carboxylic acids is 2. The lowest BCUT2D eigenvalue weighted by Crippen LogP contribution is -3.00. The molecule has 1 atom stereocenters. The number of ether oxygens (including phenoxy) is 2. The molecule has 164 valence electrons. The molecule has 0 bridgehead atoms. The molecule has 6 nitrogen and oxygen atoms in total. The zero-order chi connectivity index (χ0) is 21.5. The first-order chi connectivity index (χ1) is 14.6. The quantitative estimate of drug-likeness (QED) is 0.309. The van der Waals surface area contributed by atoms with E-state index in [-0.39, 0.29) is 37.2 Å². The van der Waals surface area contributed by atoms with Crippen LogP contribution in [0, 0.1) is 0 Å². The minimum Gasteiger partial charge on any atom is -1.00 e. The summed E-state index contributed by atoms with van der Waals surface area (Å²) in [6, 6.07) is 15.3. The van der Waals surface area contributed by atoms with Gasteiger partial charge in [-0.1, -0.05) is 36.4 Å². The molecule has 0 amide bonds. The smallest absolute Gasteiger partial charge is 0.337 e. The lowest BCUT2D eigenvalue weighted by atomic mass is 9.80. The SMILES string of the molecule is CCOC(=O)C1=C(C)NC(C[n+]2ccccc2)=C(C(=O)OCC)C1c1ccccc1.[I-]. The summed E-state index contributed by atoms with van der Waals surface area (Å²) in [5.74, 6) is -1.46. The highest BCUT2D eigenvalue weighted by Crippen LogP contribution is 2.39. The molecule has 0 radical (unpaired) electrons. The zero-order valence-electron chi connectivity index (χ0n) is 17.9. The van der Waals surface area contributed by atoms with Gasteiger partial charge in [0.25, 0.3) is 0 Å². The highest BCUT2D eigenvalue weighted by atomic mass is 127. The number of rotatable bonds is 7. The van der Waals surface area contributed by atoms with Crippen LogP contribution in [0.1, 0.15) is 32.3 Å². The van der Waals surface area contributed by atoms with E-state index in [1.807, 2.05) is 72.4 Å². The number of halogens is 1. The topological polar surface area (TPSA) is 68.5 Å². The first kappa shape index (κ1) is 24.6. The highest BCUT2D eigenvalue weighted by Gasteiger charge is 2.39. The Bertz CT molecular complexity index is 972. The van der Waals surface area contributed by atoms with Crippen LogP contribution in [0.25, 0.3) is 0 Å². The van der Waals surface area contributed by atoms with Gasteiger partial charge in [-0.05, 0) is 26.3 Å². The van der Waals surface area contributed by atoms with Crippen LogP contribution in [0.5, 0.6) is 0 Å². The molecule has 3 rings (SSSR count). The number of pyridine rings is 1. The van der Waals surface area contributed by atoms with Gasteiger partial charge < -0.3 is 38.8 Å². The molecule has 1 N–H and O–H groups in total. The fourth-order valence-corrected chi connectivity index (χ4v) is 3.65. The van der Waals surface area contributed by atoms with Crippen molar-refractivity contribution < 1.29 is 47.6 Å². The van der Waals surface area contributed by atoms with E-state index in [4.69, 9.17) is 9.47 Å². The minimum atomic E-state index is -0.579. The maximum absolute atomic E-state index is 13.1.